The van der Waals surface area contributed by atoms with E-state index >= 15 is 0 Å². The quantitative estimate of drug-likeness (QED) is 0.817. The van der Waals surface area contributed by atoms with Crippen LogP contribution in [0, 0.1) is 5.92 Å². The topological polar surface area (TPSA) is 74.8 Å². The summed E-state index contributed by atoms with van der Waals surface area (Å²) in [4.78, 5) is 26.3. The lowest BCUT2D eigenvalue weighted by Crippen LogP contribution is -2.46. The minimum atomic E-state index is -3.91. The van der Waals surface area contributed by atoms with Crippen LogP contribution in [0.4, 0.5) is 0 Å². The number of carbonyl (C=O) groups excluding carboxylic acids is 2. The number of likely N-dealkylation sites (tertiary alicyclic amines) is 1. The van der Waals surface area contributed by atoms with Gasteiger partial charge in [0.25, 0.3) is 15.9 Å². The molecular formula is C15H18N2O4S. The molecule has 2 aliphatic rings. The fraction of sp³-hybridized carbons (Fsp3) is 0.467. The van der Waals surface area contributed by atoms with E-state index in [1.54, 1.807) is 17.0 Å². The highest BCUT2D eigenvalue weighted by atomic mass is 32.2. The van der Waals surface area contributed by atoms with Crippen molar-refractivity contribution in [3.8, 4) is 0 Å². The molecule has 0 unspecified atom stereocenters. The molecule has 0 bridgehead atoms. The number of hydrogen-bond acceptors (Lipinski definition) is 4. The molecule has 0 radical (unpaired) electrons. The smallest absolute Gasteiger partial charge is 0.269 e. The number of benzene rings is 1. The van der Waals surface area contributed by atoms with E-state index in [0.717, 1.165) is 12.8 Å². The Bertz CT molecular complexity index is 729. The van der Waals surface area contributed by atoms with Crippen LogP contribution in [0.15, 0.2) is 29.2 Å². The van der Waals surface area contributed by atoms with Gasteiger partial charge >= 0.3 is 0 Å². The molecule has 0 aromatic heterocycles. The van der Waals surface area contributed by atoms with E-state index in [2.05, 4.69) is 6.92 Å². The van der Waals surface area contributed by atoms with E-state index in [9.17, 15) is 18.0 Å². The van der Waals surface area contributed by atoms with Gasteiger partial charge in [0.15, 0.2) is 0 Å². The Morgan fingerprint density at radius 2 is 2.05 bits per heavy atom. The summed E-state index contributed by atoms with van der Waals surface area (Å²) in [5, 5.41) is 0. The van der Waals surface area contributed by atoms with E-state index in [4.69, 9.17) is 0 Å². The van der Waals surface area contributed by atoms with Gasteiger partial charge in [-0.1, -0.05) is 19.1 Å². The summed E-state index contributed by atoms with van der Waals surface area (Å²) in [5.74, 6) is -0.522. The fourth-order valence-corrected chi connectivity index (χ4v) is 4.54. The van der Waals surface area contributed by atoms with Crippen molar-refractivity contribution < 1.29 is 18.0 Å². The molecule has 1 atom stereocenters. The van der Waals surface area contributed by atoms with Gasteiger partial charge in [-0.25, -0.2) is 12.7 Å². The van der Waals surface area contributed by atoms with Crippen LogP contribution >= 0.6 is 0 Å². The molecule has 3 rings (SSSR count). The third-order valence-corrected chi connectivity index (χ3v) is 5.99. The number of nitrogens with zero attached hydrogens (tertiary/aromatic N) is 2. The van der Waals surface area contributed by atoms with Crippen LogP contribution in [0.25, 0.3) is 0 Å². The Balaban J connectivity index is 1.82. The predicted molar refractivity (Wildman–Crippen MR) is 79.6 cm³/mol. The average molecular weight is 322 g/mol. The summed E-state index contributed by atoms with van der Waals surface area (Å²) in [5.41, 5.74) is 0.141. The first kappa shape index (κ1) is 15.0. The highest BCUT2D eigenvalue weighted by molar-refractivity contribution is 7.90. The number of piperidine rings is 1. The molecule has 22 heavy (non-hydrogen) atoms. The molecule has 0 N–H and O–H groups in total. The van der Waals surface area contributed by atoms with Gasteiger partial charge in [0.2, 0.25) is 5.91 Å². The van der Waals surface area contributed by atoms with Crippen LogP contribution in [0.2, 0.25) is 0 Å². The number of rotatable bonds is 2. The van der Waals surface area contributed by atoms with Crippen molar-refractivity contribution in [1.82, 2.24) is 9.21 Å². The number of hydrogen-bond donors (Lipinski definition) is 0. The summed E-state index contributed by atoms with van der Waals surface area (Å²) in [6, 6.07) is 6.06. The minimum absolute atomic E-state index is 0.0141. The van der Waals surface area contributed by atoms with Crippen LogP contribution in [-0.2, 0) is 14.8 Å². The minimum Gasteiger partial charge on any atom is -0.341 e. The first-order chi connectivity index (χ1) is 10.4. The van der Waals surface area contributed by atoms with Crippen molar-refractivity contribution in [2.24, 2.45) is 5.92 Å². The van der Waals surface area contributed by atoms with Gasteiger partial charge in [-0.3, -0.25) is 9.59 Å². The summed E-state index contributed by atoms with van der Waals surface area (Å²) in [7, 11) is -3.91. The van der Waals surface area contributed by atoms with Crippen molar-refractivity contribution in [2.75, 3.05) is 19.6 Å². The standard InChI is InChI=1S/C15H18N2O4S/c1-11-5-4-8-16(9-11)14(18)10-17-15(19)12-6-2-3-7-13(12)22(17,20)21/h2-3,6-7,11H,4-5,8-10H2,1H3/t11-/m0/s1. The Hall–Kier alpha value is -1.89. The van der Waals surface area contributed by atoms with Crippen molar-refractivity contribution in [1.29, 1.82) is 0 Å². The molecule has 6 nitrogen and oxygen atoms in total. The van der Waals surface area contributed by atoms with Gasteiger partial charge in [-0.2, -0.15) is 0 Å². The summed E-state index contributed by atoms with van der Waals surface area (Å²) < 4.78 is 25.5. The number of carbonyl (C=O) groups is 2. The maximum absolute atomic E-state index is 12.4. The molecule has 2 amide bonds. The zero-order chi connectivity index (χ0) is 15.9. The van der Waals surface area contributed by atoms with Gasteiger partial charge in [0, 0.05) is 13.1 Å². The number of amides is 2. The van der Waals surface area contributed by atoms with Gasteiger partial charge in [0.05, 0.1) is 5.56 Å². The molecule has 7 heteroatoms. The molecule has 0 aliphatic carbocycles. The lowest BCUT2D eigenvalue weighted by Gasteiger charge is -2.31. The van der Waals surface area contributed by atoms with E-state index in [1.165, 1.54) is 12.1 Å². The van der Waals surface area contributed by atoms with Crippen LogP contribution in [0.5, 0.6) is 0 Å². The second-order valence-electron chi connectivity index (χ2n) is 5.90. The van der Waals surface area contributed by atoms with Crippen LogP contribution in [-0.4, -0.2) is 49.1 Å². The Morgan fingerprint density at radius 3 is 2.73 bits per heavy atom. The summed E-state index contributed by atoms with van der Waals surface area (Å²) >= 11 is 0. The molecule has 1 fully saturated rings. The largest absolute Gasteiger partial charge is 0.341 e. The van der Waals surface area contributed by atoms with Crippen molar-refractivity contribution in [2.45, 2.75) is 24.7 Å². The second-order valence-corrected chi connectivity index (χ2v) is 7.73. The number of fused-ring (bicyclic) bond motifs is 1. The highest BCUT2D eigenvalue weighted by Crippen LogP contribution is 2.30. The van der Waals surface area contributed by atoms with Gasteiger partial charge in [0.1, 0.15) is 11.4 Å². The van der Waals surface area contributed by atoms with Crippen molar-refractivity contribution in [3.05, 3.63) is 29.8 Å². The monoisotopic (exact) mass is 322 g/mol. The molecule has 2 heterocycles. The Labute approximate surface area is 129 Å². The van der Waals surface area contributed by atoms with Gasteiger partial charge in [-0.05, 0) is 30.9 Å². The molecular weight excluding hydrogens is 304 g/mol. The molecule has 1 saturated heterocycles. The third-order valence-electron chi connectivity index (χ3n) is 4.20. The zero-order valence-electron chi connectivity index (χ0n) is 12.4. The normalized spacial score (nSPS) is 23.5. The average Bonchev–Trinajstić information content (AvgIpc) is 2.69. The molecule has 1 aromatic carbocycles. The second kappa shape index (κ2) is 5.39. The van der Waals surface area contributed by atoms with Crippen LogP contribution < -0.4 is 0 Å². The van der Waals surface area contributed by atoms with E-state index in [1.807, 2.05) is 0 Å². The summed E-state index contributed by atoms with van der Waals surface area (Å²) in [6.07, 6.45) is 1.98. The molecule has 2 aliphatic heterocycles. The molecule has 0 saturated carbocycles. The zero-order valence-corrected chi connectivity index (χ0v) is 13.2. The van der Waals surface area contributed by atoms with Crippen molar-refractivity contribution >= 4 is 21.8 Å². The highest BCUT2D eigenvalue weighted by Gasteiger charge is 2.42. The fourth-order valence-electron chi connectivity index (χ4n) is 3.03. The van der Waals surface area contributed by atoms with Crippen molar-refractivity contribution in [3.63, 3.8) is 0 Å². The first-order valence-electron chi connectivity index (χ1n) is 7.35. The van der Waals surface area contributed by atoms with Gasteiger partial charge in [-0.15, -0.1) is 0 Å². The Kier molecular flexibility index (Phi) is 3.68. The van der Waals surface area contributed by atoms with Crippen LogP contribution in [0.3, 0.4) is 0 Å². The predicted octanol–water partition coefficient (Wildman–Crippen LogP) is 1.09. The summed E-state index contributed by atoms with van der Waals surface area (Å²) in [6.45, 7) is 2.89. The number of sulfonamides is 1. The van der Waals surface area contributed by atoms with E-state index < -0.39 is 22.5 Å². The van der Waals surface area contributed by atoms with Gasteiger partial charge < -0.3 is 4.90 Å². The third kappa shape index (κ3) is 2.39. The molecule has 118 valence electrons. The lowest BCUT2D eigenvalue weighted by molar-refractivity contribution is -0.132. The lowest BCUT2D eigenvalue weighted by atomic mass is 10.0. The maximum Gasteiger partial charge on any atom is 0.269 e. The van der Waals surface area contributed by atoms with E-state index in [0.29, 0.717) is 23.3 Å². The molecule has 0 spiro atoms. The maximum atomic E-state index is 12.4. The molecule has 1 aromatic rings. The van der Waals surface area contributed by atoms with Crippen LogP contribution in [0.1, 0.15) is 30.1 Å². The first-order valence-corrected chi connectivity index (χ1v) is 8.79. The Morgan fingerprint density at radius 1 is 1.32 bits per heavy atom. The SMILES string of the molecule is C[C@H]1CCCN(C(=O)CN2C(=O)c3ccccc3S2(=O)=O)C1. The van der Waals surface area contributed by atoms with E-state index in [-0.39, 0.29) is 16.4 Å².